The molecule has 0 saturated carbocycles. The van der Waals surface area contributed by atoms with E-state index in [0.29, 0.717) is 9.50 Å². The fraction of sp³-hybridized carbons (Fsp3) is 0.0714. The molecule has 0 aliphatic rings. The lowest BCUT2D eigenvalue weighted by Gasteiger charge is -2.08. The number of esters is 1. The predicted octanol–water partition coefficient (Wildman–Crippen LogP) is 4.38. The van der Waals surface area contributed by atoms with Crippen LogP contribution in [0.4, 0.5) is 0 Å². The summed E-state index contributed by atoms with van der Waals surface area (Å²) in [5.41, 5.74) is 0.0756. The third-order valence-corrected chi connectivity index (χ3v) is 5.10. The van der Waals surface area contributed by atoms with Crippen LogP contribution in [-0.4, -0.2) is 20.6 Å². The summed E-state index contributed by atoms with van der Waals surface area (Å²) >= 11 is 14.9. The highest BCUT2D eigenvalue weighted by molar-refractivity contribution is 9.10. The van der Waals surface area contributed by atoms with E-state index in [-0.39, 0.29) is 21.2 Å². The van der Waals surface area contributed by atoms with Crippen LogP contribution in [0.5, 0.6) is 5.75 Å². The first-order valence-corrected chi connectivity index (χ1v) is 9.29. The molecule has 0 fully saturated rings. The van der Waals surface area contributed by atoms with Gasteiger partial charge in [-0.2, -0.15) is 0 Å². The van der Waals surface area contributed by atoms with Crippen LogP contribution >= 0.6 is 39.1 Å². The van der Waals surface area contributed by atoms with E-state index in [1.54, 1.807) is 12.1 Å². The molecule has 0 radical (unpaired) electrons. The van der Waals surface area contributed by atoms with Crippen molar-refractivity contribution in [3.63, 3.8) is 0 Å². The van der Waals surface area contributed by atoms with Gasteiger partial charge in [0.15, 0.2) is 9.84 Å². The first-order valence-electron chi connectivity index (χ1n) is 5.85. The minimum Gasteiger partial charge on any atom is -0.422 e. The molecule has 4 nitrogen and oxygen atoms in total. The van der Waals surface area contributed by atoms with E-state index in [2.05, 4.69) is 15.9 Å². The predicted molar refractivity (Wildman–Crippen MR) is 88.7 cm³/mol. The Hall–Kier alpha value is -1.08. The van der Waals surface area contributed by atoms with Crippen molar-refractivity contribution in [3.8, 4) is 5.75 Å². The molecule has 116 valence electrons. The van der Waals surface area contributed by atoms with Crippen molar-refractivity contribution in [1.82, 2.24) is 0 Å². The van der Waals surface area contributed by atoms with Gasteiger partial charge in [0, 0.05) is 11.3 Å². The summed E-state index contributed by atoms with van der Waals surface area (Å²) in [7, 11) is -3.54. The molecule has 2 aromatic carbocycles. The summed E-state index contributed by atoms with van der Waals surface area (Å²) in [5.74, 6) is -0.435. The minimum absolute atomic E-state index is 0.0479. The lowest BCUT2D eigenvalue weighted by atomic mass is 10.2. The number of hydrogen-bond donors (Lipinski definition) is 0. The van der Waals surface area contributed by atoms with Gasteiger partial charge in [-0.1, -0.05) is 23.2 Å². The van der Waals surface area contributed by atoms with Crippen LogP contribution in [-0.2, 0) is 9.84 Å². The van der Waals surface area contributed by atoms with Crippen molar-refractivity contribution >= 4 is 54.9 Å². The number of rotatable bonds is 3. The van der Waals surface area contributed by atoms with Crippen molar-refractivity contribution in [2.24, 2.45) is 0 Å². The van der Waals surface area contributed by atoms with Gasteiger partial charge in [0.1, 0.15) is 5.75 Å². The van der Waals surface area contributed by atoms with Gasteiger partial charge < -0.3 is 4.74 Å². The monoisotopic (exact) mass is 422 g/mol. The van der Waals surface area contributed by atoms with Crippen LogP contribution in [0.2, 0.25) is 10.0 Å². The highest BCUT2D eigenvalue weighted by atomic mass is 79.9. The fourth-order valence-electron chi connectivity index (χ4n) is 1.63. The minimum atomic E-state index is -3.54. The zero-order valence-corrected chi connectivity index (χ0v) is 15.1. The van der Waals surface area contributed by atoms with Gasteiger partial charge in [-0.15, -0.1) is 0 Å². The van der Waals surface area contributed by atoms with E-state index in [4.69, 9.17) is 27.9 Å². The SMILES string of the molecule is CS(=O)(=O)c1cc(C(=O)Oc2ccc(Cl)cc2Br)ccc1Cl. The molecule has 2 aromatic rings. The molecular weight excluding hydrogens is 415 g/mol. The Balaban J connectivity index is 2.34. The molecule has 22 heavy (non-hydrogen) atoms. The number of halogens is 3. The maximum Gasteiger partial charge on any atom is 0.343 e. The Morgan fingerprint density at radius 1 is 1.14 bits per heavy atom. The Morgan fingerprint density at radius 2 is 1.82 bits per heavy atom. The molecule has 2 rings (SSSR count). The van der Waals surface area contributed by atoms with Crippen molar-refractivity contribution < 1.29 is 17.9 Å². The standard InChI is InChI=1S/C14H9BrCl2O4S/c1-22(19,20)13-6-8(2-4-11(13)17)14(18)21-12-5-3-9(16)7-10(12)15/h2-7H,1H3. The van der Waals surface area contributed by atoms with Gasteiger partial charge in [0.25, 0.3) is 0 Å². The fourth-order valence-corrected chi connectivity index (χ4v) is 3.70. The number of benzene rings is 2. The molecule has 0 N–H and O–H groups in total. The summed E-state index contributed by atoms with van der Waals surface area (Å²) in [6.45, 7) is 0. The lowest BCUT2D eigenvalue weighted by molar-refractivity contribution is 0.0733. The van der Waals surface area contributed by atoms with Crippen LogP contribution < -0.4 is 4.74 Å². The van der Waals surface area contributed by atoms with E-state index < -0.39 is 15.8 Å². The topological polar surface area (TPSA) is 60.4 Å². The average molecular weight is 424 g/mol. The molecule has 0 atom stereocenters. The van der Waals surface area contributed by atoms with E-state index in [9.17, 15) is 13.2 Å². The summed E-state index contributed by atoms with van der Waals surface area (Å²) < 4.78 is 29.0. The number of carbonyl (C=O) groups excluding carboxylic acids is 1. The molecule has 0 aromatic heterocycles. The van der Waals surface area contributed by atoms with E-state index in [1.165, 1.54) is 24.3 Å². The van der Waals surface area contributed by atoms with E-state index >= 15 is 0 Å². The van der Waals surface area contributed by atoms with Crippen LogP contribution in [0.25, 0.3) is 0 Å². The highest BCUT2D eigenvalue weighted by Gasteiger charge is 2.17. The first kappa shape index (κ1) is 17.3. The number of sulfone groups is 1. The summed E-state index contributed by atoms with van der Waals surface area (Å²) in [4.78, 5) is 12.0. The summed E-state index contributed by atoms with van der Waals surface area (Å²) in [6.07, 6.45) is 1.01. The van der Waals surface area contributed by atoms with Crippen LogP contribution in [0.3, 0.4) is 0 Å². The molecule has 0 spiro atoms. The van der Waals surface area contributed by atoms with Crippen molar-refractivity contribution in [2.45, 2.75) is 4.90 Å². The van der Waals surface area contributed by atoms with Crippen molar-refractivity contribution in [2.75, 3.05) is 6.26 Å². The Labute approximate surface area is 146 Å². The number of ether oxygens (including phenoxy) is 1. The highest BCUT2D eigenvalue weighted by Crippen LogP contribution is 2.29. The van der Waals surface area contributed by atoms with Gasteiger partial charge >= 0.3 is 5.97 Å². The Bertz CT molecular complexity index is 850. The molecule has 0 amide bonds. The van der Waals surface area contributed by atoms with Crippen LogP contribution in [0.15, 0.2) is 45.8 Å². The smallest absolute Gasteiger partial charge is 0.343 e. The summed E-state index contributed by atoms with van der Waals surface area (Å²) in [5, 5.41) is 0.532. The zero-order chi connectivity index (χ0) is 16.5. The quantitative estimate of drug-likeness (QED) is 0.542. The molecule has 0 aliphatic carbocycles. The molecule has 0 aliphatic heterocycles. The Kier molecular flexibility index (Phi) is 5.17. The van der Waals surface area contributed by atoms with E-state index in [0.717, 1.165) is 6.26 Å². The van der Waals surface area contributed by atoms with Crippen LogP contribution in [0.1, 0.15) is 10.4 Å². The van der Waals surface area contributed by atoms with Gasteiger partial charge in [0.05, 0.1) is 20.0 Å². The van der Waals surface area contributed by atoms with Gasteiger partial charge in [-0.05, 0) is 52.3 Å². The molecule has 0 heterocycles. The van der Waals surface area contributed by atoms with Crippen molar-refractivity contribution in [3.05, 3.63) is 56.5 Å². The van der Waals surface area contributed by atoms with Crippen molar-refractivity contribution in [1.29, 1.82) is 0 Å². The van der Waals surface area contributed by atoms with Gasteiger partial charge in [-0.25, -0.2) is 13.2 Å². The molecule has 0 saturated heterocycles. The Morgan fingerprint density at radius 3 is 2.41 bits per heavy atom. The largest absolute Gasteiger partial charge is 0.422 e. The summed E-state index contributed by atoms with van der Waals surface area (Å²) in [6, 6.07) is 8.59. The molecule has 8 heteroatoms. The molecular formula is C14H9BrCl2O4S. The molecule has 0 unspecified atom stereocenters. The zero-order valence-electron chi connectivity index (χ0n) is 11.1. The lowest BCUT2D eigenvalue weighted by Crippen LogP contribution is -2.10. The first-order chi connectivity index (χ1) is 10.2. The number of hydrogen-bond acceptors (Lipinski definition) is 4. The average Bonchev–Trinajstić information content (AvgIpc) is 2.41. The van der Waals surface area contributed by atoms with E-state index in [1.807, 2.05) is 0 Å². The second-order valence-electron chi connectivity index (χ2n) is 4.38. The third kappa shape index (κ3) is 4.01. The van der Waals surface area contributed by atoms with Gasteiger partial charge in [-0.3, -0.25) is 0 Å². The third-order valence-electron chi connectivity index (χ3n) is 2.66. The normalized spacial score (nSPS) is 11.3. The number of carbonyl (C=O) groups is 1. The van der Waals surface area contributed by atoms with Gasteiger partial charge in [0.2, 0.25) is 0 Å². The maximum atomic E-state index is 12.1. The second-order valence-corrected chi connectivity index (χ2v) is 8.06. The molecule has 0 bridgehead atoms. The second kappa shape index (κ2) is 6.58. The van der Waals surface area contributed by atoms with Crippen LogP contribution in [0, 0.1) is 0 Å². The maximum absolute atomic E-state index is 12.1.